The molecule has 0 aliphatic rings. The molecular formula is C13H17NO4. The molecule has 1 rings (SSSR count). The lowest BCUT2D eigenvalue weighted by atomic mass is 10.1. The lowest BCUT2D eigenvalue weighted by Gasteiger charge is -2.14. The van der Waals surface area contributed by atoms with Gasteiger partial charge in [0.1, 0.15) is 12.2 Å². The Morgan fingerprint density at radius 3 is 2.33 bits per heavy atom. The van der Waals surface area contributed by atoms with E-state index in [1.165, 1.54) is 7.11 Å². The normalized spacial score (nSPS) is 11.5. The van der Waals surface area contributed by atoms with Crippen molar-refractivity contribution >= 4 is 11.9 Å². The second kappa shape index (κ2) is 6.64. The molecule has 1 aromatic carbocycles. The highest BCUT2D eigenvalue weighted by atomic mass is 16.5. The summed E-state index contributed by atoms with van der Waals surface area (Å²) in [7, 11) is 2.85. The average Bonchev–Trinajstić information content (AvgIpc) is 2.38. The quantitative estimate of drug-likeness (QED) is 0.635. The predicted octanol–water partition coefficient (Wildman–Crippen LogP) is 1.44. The maximum Gasteiger partial charge on any atom is 0.315 e. The van der Waals surface area contributed by atoms with Crippen molar-refractivity contribution in [3.8, 4) is 5.75 Å². The number of hydrogen-bond acceptors (Lipinski definition) is 4. The molecule has 18 heavy (non-hydrogen) atoms. The molecule has 0 aliphatic heterocycles. The molecule has 1 unspecified atom stereocenters. The third kappa shape index (κ3) is 4.08. The average molecular weight is 251 g/mol. The Morgan fingerprint density at radius 2 is 1.83 bits per heavy atom. The first-order chi connectivity index (χ1) is 8.56. The van der Waals surface area contributed by atoms with Gasteiger partial charge in [0.05, 0.1) is 20.3 Å². The van der Waals surface area contributed by atoms with Crippen molar-refractivity contribution in [3.05, 3.63) is 29.8 Å². The van der Waals surface area contributed by atoms with E-state index in [9.17, 15) is 9.59 Å². The van der Waals surface area contributed by atoms with Crippen molar-refractivity contribution in [2.24, 2.45) is 0 Å². The van der Waals surface area contributed by atoms with E-state index in [-0.39, 0.29) is 18.4 Å². The number of carbonyl (C=O) groups is 2. The van der Waals surface area contributed by atoms with Crippen LogP contribution < -0.4 is 10.1 Å². The second-order valence-corrected chi connectivity index (χ2v) is 3.82. The molecule has 0 saturated carbocycles. The molecule has 0 fully saturated rings. The summed E-state index contributed by atoms with van der Waals surface area (Å²) < 4.78 is 9.47. The van der Waals surface area contributed by atoms with Gasteiger partial charge in [0.2, 0.25) is 5.91 Å². The Bertz CT molecular complexity index is 414. The second-order valence-electron chi connectivity index (χ2n) is 3.82. The van der Waals surface area contributed by atoms with Gasteiger partial charge >= 0.3 is 5.97 Å². The number of amides is 1. The van der Waals surface area contributed by atoms with Crippen LogP contribution in [0.2, 0.25) is 0 Å². The lowest BCUT2D eigenvalue weighted by Crippen LogP contribution is -2.28. The van der Waals surface area contributed by atoms with Crippen LogP contribution in [0, 0.1) is 0 Å². The number of hydrogen-bond donors (Lipinski definition) is 1. The zero-order chi connectivity index (χ0) is 13.5. The van der Waals surface area contributed by atoms with Crippen molar-refractivity contribution < 1.29 is 19.1 Å². The van der Waals surface area contributed by atoms with Gasteiger partial charge in [-0.2, -0.15) is 0 Å². The van der Waals surface area contributed by atoms with Gasteiger partial charge in [-0.1, -0.05) is 12.1 Å². The van der Waals surface area contributed by atoms with Gasteiger partial charge in [-0.25, -0.2) is 0 Å². The summed E-state index contributed by atoms with van der Waals surface area (Å²) in [6, 6.07) is 7.19. The number of carbonyl (C=O) groups excluding carboxylic acids is 2. The highest BCUT2D eigenvalue weighted by Gasteiger charge is 2.13. The van der Waals surface area contributed by atoms with Crippen molar-refractivity contribution in [1.29, 1.82) is 0 Å². The molecule has 0 spiro atoms. The largest absolute Gasteiger partial charge is 0.497 e. The minimum absolute atomic E-state index is 0.173. The van der Waals surface area contributed by atoms with E-state index in [1.807, 2.05) is 31.2 Å². The fourth-order valence-corrected chi connectivity index (χ4v) is 1.47. The van der Waals surface area contributed by atoms with Crippen LogP contribution in [0.5, 0.6) is 5.75 Å². The van der Waals surface area contributed by atoms with E-state index in [1.54, 1.807) is 7.11 Å². The van der Waals surface area contributed by atoms with Crippen LogP contribution in [-0.2, 0) is 14.3 Å². The Morgan fingerprint density at radius 1 is 1.22 bits per heavy atom. The van der Waals surface area contributed by atoms with Crippen molar-refractivity contribution in [3.63, 3.8) is 0 Å². The van der Waals surface area contributed by atoms with Crippen LogP contribution >= 0.6 is 0 Å². The van der Waals surface area contributed by atoms with Crippen molar-refractivity contribution in [1.82, 2.24) is 5.32 Å². The number of ether oxygens (including phenoxy) is 2. The molecule has 5 nitrogen and oxygen atoms in total. The SMILES string of the molecule is COC(=O)CC(=O)NC(C)c1ccc(OC)cc1. The van der Waals surface area contributed by atoms with Gasteiger partial charge in [-0.15, -0.1) is 0 Å². The van der Waals surface area contributed by atoms with E-state index in [0.29, 0.717) is 0 Å². The van der Waals surface area contributed by atoms with Gasteiger partial charge in [0, 0.05) is 0 Å². The Hall–Kier alpha value is -2.04. The van der Waals surface area contributed by atoms with Crippen LogP contribution in [0.3, 0.4) is 0 Å². The van der Waals surface area contributed by atoms with Crippen LogP contribution in [0.1, 0.15) is 24.9 Å². The molecule has 0 bridgehead atoms. The molecule has 98 valence electrons. The van der Waals surface area contributed by atoms with Gasteiger partial charge in [-0.05, 0) is 24.6 Å². The molecular weight excluding hydrogens is 234 g/mol. The zero-order valence-corrected chi connectivity index (χ0v) is 10.7. The molecule has 1 aromatic rings. The number of nitrogens with one attached hydrogen (secondary N) is 1. The van der Waals surface area contributed by atoms with E-state index in [4.69, 9.17) is 4.74 Å². The van der Waals surface area contributed by atoms with Gasteiger partial charge in [-0.3, -0.25) is 9.59 Å². The lowest BCUT2D eigenvalue weighted by molar-refractivity contribution is -0.143. The van der Waals surface area contributed by atoms with Gasteiger partial charge < -0.3 is 14.8 Å². The van der Waals surface area contributed by atoms with Gasteiger partial charge in [0.25, 0.3) is 0 Å². The van der Waals surface area contributed by atoms with Crippen LogP contribution in [-0.4, -0.2) is 26.1 Å². The minimum Gasteiger partial charge on any atom is -0.497 e. The summed E-state index contributed by atoms with van der Waals surface area (Å²) in [5.41, 5.74) is 0.939. The van der Waals surface area contributed by atoms with Gasteiger partial charge in [0.15, 0.2) is 0 Å². The number of rotatable bonds is 5. The third-order valence-electron chi connectivity index (χ3n) is 2.53. The summed E-state index contributed by atoms with van der Waals surface area (Å²) >= 11 is 0. The first-order valence-corrected chi connectivity index (χ1v) is 5.57. The molecule has 0 aromatic heterocycles. The first-order valence-electron chi connectivity index (χ1n) is 5.57. The molecule has 1 amide bonds. The maximum atomic E-state index is 11.5. The topological polar surface area (TPSA) is 64.6 Å². The summed E-state index contributed by atoms with van der Waals surface area (Å²) in [6.45, 7) is 1.84. The number of esters is 1. The predicted molar refractivity (Wildman–Crippen MR) is 66.2 cm³/mol. The van der Waals surface area contributed by atoms with Crippen LogP contribution in [0.4, 0.5) is 0 Å². The first kappa shape index (κ1) is 14.0. The molecule has 0 aliphatic carbocycles. The molecule has 1 N–H and O–H groups in total. The number of methoxy groups -OCH3 is 2. The van der Waals surface area contributed by atoms with Crippen molar-refractivity contribution in [2.45, 2.75) is 19.4 Å². The van der Waals surface area contributed by atoms with Crippen LogP contribution in [0.15, 0.2) is 24.3 Å². The molecule has 0 saturated heterocycles. The highest BCUT2D eigenvalue weighted by Crippen LogP contribution is 2.17. The van der Waals surface area contributed by atoms with Crippen molar-refractivity contribution in [2.75, 3.05) is 14.2 Å². The van der Waals surface area contributed by atoms with E-state index < -0.39 is 5.97 Å². The Balaban J connectivity index is 2.56. The van der Waals surface area contributed by atoms with Crippen LogP contribution in [0.25, 0.3) is 0 Å². The third-order valence-corrected chi connectivity index (χ3v) is 2.53. The monoisotopic (exact) mass is 251 g/mol. The van der Waals surface area contributed by atoms with E-state index in [2.05, 4.69) is 10.1 Å². The molecule has 5 heteroatoms. The fourth-order valence-electron chi connectivity index (χ4n) is 1.47. The Kier molecular flexibility index (Phi) is 5.17. The van der Waals surface area contributed by atoms with E-state index in [0.717, 1.165) is 11.3 Å². The Labute approximate surface area is 106 Å². The highest BCUT2D eigenvalue weighted by molar-refractivity contribution is 5.94. The molecule has 1 atom stereocenters. The summed E-state index contributed by atoms with van der Waals surface area (Å²) in [5, 5.41) is 2.72. The standard InChI is InChI=1S/C13H17NO4/c1-9(14-12(15)8-13(16)18-3)10-4-6-11(17-2)7-5-10/h4-7,9H,8H2,1-3H3,(H,14,15). The summed E-state index contributed by atoms with van der Waals surface area (Å²) in [4.78, 5) is 22.4. The fraction of sp³-hybridized carbons (Fsp3) is 0.385. The minimum atomic E-state index is -0.547. The maximum absolute atomic E-state index is 11.5. The zero-order valence-electron chi connectivity index (χ0n) is 10.7. The number of benzene rings is 1. The van der Waals surface area contributed by atoms with E-state index >= 15 is 0 Å². The summed E-state index contributed by atoms with van der Waals surface area (Å²) in [6.07, 6.45) is -0.267. The molecule has 0 heterocycles. The molecule has 0 radical (unpaired) electrons. The smallest absolute Gasteiger partial charge is 0.315 e. The summed E-state index contributed by atoms with van der Waals surface area (Å²) in [5.74, 6) is -0.147.